The SMILES string of the molecule is COC(=O)c1ccc(C(=O)Nc2ccc(N3CCc4ccccc43)cc2)s1. The van der Waals surface area contributed by atoms with Crippen LogP contribution in [0.2, 0.25) is 0 Å². The monoisotopic (exact) mass is 378 g/mol. The Kier molecular flexibility index (Phi) is 4.64. The summed E-state index contributed by atoms with van der Waals surface area (Å²) in [4.78, 5) is 27.0. The summed E-state index contributed by atoms with van der Waals surface area (Å²) in [5.74, 6) is -0.677. The van der Waals surface area contributed by atoms with Gasteiger partial charge in [0.15, 0.2) is 0 Å². The number of fused-ring (bicyclic) bond motifs is 1. The summed E-state index contributed by atoms with van der Waals surface area (Å²) < 4.78 is 4.67. The van der Waals surface area contributed by atoms with Crippen LogP contribution in [-0.2, 0) is 11.2 Å². The van der Waals surface area contributed by atoms with Gasteiger partial charge >= 0.3 is 5.97 Å². The molecule has 0 fully saturated rings. The second-order valence-electron chi connectivity index (χ2n) is 6.19. The highest BCUT2D eigenvalue weighted by atomic mass is 32.1. The van der Waals surface area contributed by atoms with Gasteiger partial charge in [0.1, 0.15) is 4.88 Å². The highest BCUT2D eigenvalue weighted by Crippen LogP contribution is 2.34. The topological polar surface area (TPSA) is 58.6 Å². The van der Waals surface area contributed by atoms with Crippen molar-refractivity contribution in [2.75, 3.05) is 23.9 Å². The number of nitrogens with zero attached hydrogens (tertiary/aromatic N) is 1. The molecule has 0 saturated carbocycles. The van der Waals surface area contributed by atoms with Crippen LogP contribution in [0, 0.1) is 0 Å². The number of benzene rings is 2. The Morgan fingerprint density at radius 1 is 1.00 bits per heavy atom. The molecule has 1 aliphatic heterocycles. The smallest absolute Gasteiger partial charge is 0.348 e. The lowest BCUT2D eigenvalue weighted by atomic mass is 10.2. The second-order valence-corrected chi connectivity index (χ2v) is 7.27. The van der Waals surface area contributed by atoms with Crippen molar-refractivity contribution < 1.29 is 14.3 Å². The van der Waals surface area contributed by atoms with Crippen molar-refractivity contribution in [2.24, 2.45) is 0 Å². The Morgan fingerprint density at radius 2 is 1.74 bits per heavy atom. The highest BCUT2D eigenvalue weighted by Gasteiger charge is 2.20. The van der Waals surface area contributed by atoms with Crippen LogP contribution in [0.25, 0.3) is 0 Å². The van der Waals surface area contributed by atoms with Crippen LogP contribution in [0.1, 0.15) is 24.9 Å². The number of anilines is 3. The van der Waals surface area contributed by atoms with Gasteiger partial charge in [0.05, 0.1) is 12.0 Å². The molecule has 4 rings (SSSR count). The van der Waals surface area contributed by atoms with Crippen molar-refractivity contribution in [3.8, 4) is 0 Å². The number of rotatable bonds is 4. The summed E-state index contributed by atoms with van der Waals surface area (Å²) in [5.41, 5.74) is 4.41. The Hall–Kier alpha value is -3.12. The predicted molar refractivity (Wildman–Crippen MR) is 107 cm³/mol. The number of thiophene rings is 1. The molecule has 0 radical (unpaired) electrons. The lowest BCUT2D eigenvalue weighted by Crippen LogP contribution is -2.14. The average Bonchev–Trinajstić information content (AvgIpc) is 3.35. The first kappa shape index (κ1) is 17.3. The van der Waals surface area contributed by atoms with E-state index in [-0.39, 0.29) is 5.91 Å². The summed E-state index contributed by atoms with van der Waals surface area (Å²) in [6.45, 7) is 0.955. The van der Waals surface area contributed by atoms with E-state index >= 15 is 0 Å². The van der Waals surface area contributed by atoms with Gasteiger partial charge < -0.3 is 15.0 Å². The van der Waals surface area contributed by atoms with Crippen LogP contribution in [0.15, 0.2) is 60.7 Å². The van der Waals surface area contributed by atoms with Gasteiger partial charge in [0.25, 0.3) is 5.91 Å². The third-order valence-electron chi connectivity index (χ3n) is 4.54. The Balaban J connectivity index is 1.46. The van der Waals surface area contributed by atoms with E-state index in [0.717, 1.165) is 30.0 Å². The number of methoxy groups -OCH3 is 1. The molecule has 0 unspecified atom stereocenters. The molecule has 2 aromatic carbocycles. The van der Waals surface area contributed by atoms with Crippen molar-refractivity contribution >= 4 is 40.3 Å². The fraction of sp³-hybridized carbons (Fsp3) is 0.143. The van der Waals surface area contributed by atoms with E-state index in [9.17, 15) is 9.59 Å². The van der Waals surface area contributed by atoms with Crippen LogP contribution < -0.4 is 10.2 Å². The molecule has 27 heavy (non-hydrogen) atoms. The van der Waals surface area contributed by atoms with Gasteiger partial charge in [-0.2, -0.15) is 0 Å². The molecule has 0 aliphatic carbocycles. The van der Waals surface area contributed by atoms with Gasteiger partial charge in [0.2, 0.25) is 0 Å². The first-order valence-electron chi connectivity index (χ1n) is 8.61. The van der Waals surface area contributed by atoms with Crippen molar-refractivity contribution in [2.45, 2.75) is 6.42 Å². The maximum absolute atomic E-state index is 12.4. The average molecular weight is 378 g/mol. The molecule has 136 valence electrons. The number of carbonyl (C=O) groups is 2. The van der Waals surface area contributed by atoms with E-state index in [2.05, 4.69) is 39.2 Å². The molecule has 3 aromatic rings. The minimum absolute atomic E-state index is 0.241. The van der Waals surface area contributed by atoms with E-state index in [1.807, 2.05) is 24.3 Å². The summed E-state index contributed by atoms with van der Waals surface area (Å²) in [6, 6.07) is 19.4. The van der Waals surface area contributed by atoms with E-state index < -0.39 is 5.97 Å². The maximum Gasteiger partial charge on any atom is 0.348 e. The molecule has 5 nitrogen and oxygen atoms in total. The van der Waals surface area contributed by atoms with Gasteiger partial charge in [-0.15, -0.1) is 11.3 Å². The molecule has 1 N–H and O–H groups in total. The first-order chi connectivity index (χ1) is 13.2. The lowest BCUT2D eigenvalue weighted by Gasteiger charge is -2.19. The number of hydrogen-bond donors (Lipinski definition) is 1. The molecule has 1 aliphatic rings. The largest absolute Gasteiger partial charge is 0.465 e. The standard InChI is InChI=1S/C21H18N2O3S/c1-26-21(25)19-11-10-18(27-19)20(24)22-15-6-8-16(9-7-15)23-13-12-14-4-2-3-5-17(14)23/h2-11H,12-13H2,1H3,(H,22,24). The van der Waals surface area contributed by atoms with Crippen molar-refractivity contribution in [3.05, 3.63) is 76.0 Å². The molecular weight excluding hydrogens is 360 g/mol. The number of amides is 1. The van der Waals surface area contributed by atoms with Crippen molar-refractivity contribution in [3.63, 3.8) is 0 Å². The predicted octanol–water partition coefficient (Wildman–Crippen LogP) is 4.48. The van der Waals surface area contributed by atoms with E-state index in [1.165, 1.54) is 18.4 Å². The second kappa shape index (κ2) is 7.25. The molecule has 0 atom stereocenters. The van der Waals surface area contributed by atoms with E-state index in [1.54, 1.807) is 12.1 Å². The minimum atomic E-state index is -0.436. The maximum atomic E-state index is 12.4. The molecule has 1 aromatic heterocycles. The summed E-state index contributed by atoms with van der Waals surface area (Å²) in [6.07, 6.45) is 1.04. The lowest BCUT2D eigenvalue weighted by molar-refractivity contribution is 0.0606. The quantitative estimate of drug-likeness (QED) is 0.680. The number of ether oxygens (including phenoxy) is 1. The van der Waals surface area contributed by atoms with Crippen LogP contribution in [0.4, 0.5) is 17.1 Å². The number of para-hydroxylation sites is 1. The Bertz CT molecular complexity index is 995. The van der Waals surface area contributed by atoms with Gasteiger partial charge in [-0.05, 0) is 54.4 Å². The Labute approximate surface area is 161 Å². The highest BCUT2D eigenvalue weighted by molar-refractivity contribution is 7.16. The van der Waals surface area contributed by atoms with Crippen LogP contribution in [0.3, 0.4) is 0 Å². The zero-order valence-corrected chi connectivity index (χ0v) is 15.6. The molecule has 6 heteroatoms. The molecule has 0 bridgehead atoms. The van der Waals surface area contributed by atoms with Crippen LogP contribution in [-0.4, -0.2) is 25.5 Å². The zero-order chi connectivity index (χ0) is 18.8. The van der Waals surface area contributed by atoms with E-state index in [0.29, 0.717) is 15.4 Å². The van der Waals surface area contributed by atoms with Crippen LogP contribution in [0.5, 0.6) is 0 Å². The van der Waals surface area contributed by atoms with E-state index in [4.69, 9.17) is 0 Å². The normalized spacial score (nSPS) is 12.6. The fourth-order valence-electron chi connectivity index (χ4n) is 3.19. The first-order valence-corrected chi connectivity index (χ1v) is 9.42. The van der Waals surface area contributed by atoms with Gasteiger partial charge in [-0.3, -0.25) is 4.79 Å². The number of nitrogens with one attached hydrogen (secondary N) is 1. The van der Waals surface area contributed by atoms with Crippen LogP contribution >= 0.6 is 11.3 Å². The minimum Gasteiger partial charge on any atom is -0.465 e. The molecule has 0 spiro atoms. The molecule has 2 heterocycles. The van der Waals surface area contributed by atoms with Gasteiger partial charge in [0, 0.05) is 23.6 Å². The molecular formula is C21H18N2O3S. The Morgan fingerprint density at radius 3 is 2.52 bits per heavy atom. The summed E-state index contributed by atoms with van der Waals surface area (Å²) in [7, 11) is 1.32. The number of carbonyl (C=O) groups excluding carboxylic acids is 2. The van der Waals surface area contributed by atoms with Crippen molar-refractivity contribution in [1.29, 1.82) is 0 Å². The third kappa shape index (κ3) is 3.44. The molecule has 0 saturated heterocycles. The molecule has 1 amide bonds. The van der Waals surface area contributed by atoms with Gasteiger partial charge in [-0.1, -0.05) is 18.2 Å². The van der Waals surface area contributed by atoms with Crippen molar-refractivity contribution in [1.82, 2.24) is 0 Å². The zero-order valence-electron chi connectivity index (χ0n) is 14.8. The number of hydrogen-bond acceptors (Lipinski definition) is 5. The summed E-state index contributed by atoms with van der Waals surface area (Å²) in [5, 5.41) is 2.87. The summed E-state index contributed by atoms with van der Waals surface area (Å²) >= 11 is 1.11. The fourth-order valence-corrected chi connectivity index (χ4v) is 4.01. The third-order valence-corrected chi connectivity index (χ3v) is 5.60. The number of esters is 1. The van der Waals surface area contributed by atoms with Gasteiger partial charge in [-0.25, -0.2) is 4.79 Å².